The maximum absolute atomic E-state index is 13.8. The van der Waals surface area contributed by atoms with Crippen LogP contribution in [0.3, 0.4) is 0 Å². The summed E-state index contributed by atoms with van der Waals surface area (Å²) < 4.78 is 19.0. The molecule has 0 unspecified atom stereocenters. The highest BCUT2D eigenvalue weighted by Crippen LogP contribution is 2.25. The van der Waals surface area contributed by atoms with Crippen molar-refractivity contribution in [1.82, 2.24) is 9.97 Å². The average molecular weight is 304 g/mol. The predicted octanol–water partition coefficient (Wildman–Crippen LogP) is 4.17. The van der Waals surface area contributed by atoms with E-state index in [1.165, 1.54) is 6.07 Å². The molecule has 1 N–H and O–H groups in total. The number of benzene rings is 2. The van der Waals surface area contributed by atoms with Gasteiger partial charge < -0.3 is 10.1 Å². The van der Waals surface area contributed by atoms with Crippen LogP contribution in [0, 0.1) is 5.82 Å². The Morgan fingerprint density at radius 1 is 1.24 bits per heavy atom. The summed E-state index contributed by atoms with van der Waals surface area (Å²) in [6.45, 7) is 0. The van der Waals surface area contributed by atoms with Gasteiger partial charge in [0.2, 0.25) is 5.95 Å². The molecule has 0 radical (unpaired) electrons. The van der Waals surface area contributed by atoms with Crippen molar-refractivity contribution in [3.63, 3.8) is 0 Å². The predicted molar refractivity (Wildman–Crippen MR) is 80.8 cm³/mol. The second-order valence-corrected chi connectivity index (χ2v) is 4.75. The van der Waals surface area contributed by atoms with E-state index >= 15 is 0 Å². The summed E-state index contributed by atoms with van der Waals surface area (Å²) in [5.41, 5.74) is 0.930. The number of halogens is 2. The van der Waals surface area contributed by atoms with Crippen LogP contribution in [-0.2, 0) is 0 Å². The quantitative estimate of drug-likeness (QED) is 0.788. The fraction of sp³-hybridized carbons (Fsp3) is 0.0667. The summed E-state index contributed by atoms with van der Waals surface area (Å²) in [4.78, 5) is 8.49. The van der Waals surface area contributed by atoms with E-state index in [1.807, 2.05) is 12.1 Å². The van der Waals surface area contributed by atoms with E-state index in [0.717, 1.165) is 5.39 Å². The van der Waals surface area contributed by atoms with Gasteiger partial charge in [0, 0.05) is 17.6 Å². The Kier molecular flexibility index (Phi) is 3.58. The molecule has 0 aliphatic rings. The third-order valence-electron chi connectivity index (χ3n) is 2.99. The molecule has 0 fully saturated rings. The first-order valence-electron chi connectivity index (χ1n) is 6.19. The second kappa shape index (κ2) is 5.54. The minimum Gasteiger partial charge on any atom is -0.497 e. The molecule has 0 aliphatic heterocycles. The maximum atomic E-state index is 13.8. The summed E-state index contributed by atoms with van der Waals surface area (Å²) in [6.07, 6.45) is 1.66. The van der Waals surface area contributed by atoms with Gasteiger partial charge in [-0.25, -0.2) is 14.4 Å². The topological polar surface area (TPSA) is 47.0 Å². The van der Waals surface area contributed by atoms with E-state index in [-0.39, 0.29) is 16.7 Å². The first-order valence-corrected chi connectivity index (χ1v) is 6.57. The van der Waals surface area contributed by atoms with Crippen LogP contribution in [0.25, 0.3) is 10.9 Å². The largest absolute Gasteiger partial charge is 0.497 e. The molecule has 2 aromatic carbocycles. The van der Waals surface area contributed by atoms with Crippen LogP contribution in [0.5, 0.6) is 5.75 Å². The summed E-state index contributed by atoms with van der Waals surface area (Å²) in [7, 11) is 1.59. The van der Waals surface area contributed by atoms with Gasteiger partial charge in [0.25, 0.3) is 0 Å². The first kappa shape index (κ1) is 13.6. The third-order valence-corrected chi connectivity index (χ3v) is 3.28. The van der Waals surface area contributed by atoms with Gasteiger partial charge in [-0.2, -0.15) is 0 Å². The lowest BCUT2D eigenvalue weighted by Gasteiger charge is -2.08. The molecule has 0 bridgehead atoms. The molecule has 3 rings (SSSR count). The van der Waals surface area contributed by atoms with E-state index in [9.17, 15) is 4.39 Å². The van der Waals surface area contributed by atoms with Crippen molar-refractivity contribution >= 4 is 34.1 Å². The molecule has 0 saturated heterocycles. The SMILES string of the molecule is COc1ccc2cnc(Nc3cccc(Cl)c3F)nc2c1. The van der Waals surface area contributed by atoms with Crippen molar-refractivity contribution < 1.29 is 9.13 Å². The van der Waals surface area contributed by atoms with Gasteiger partial charge in [-0.05, 0) is 24.3 Å². The van der Waals surface area contributed by atoms with Gasteiger partial charge in [0.15, 0.2) is 5.82 Å². The smallest absolute Gasteiger partial charge is 0.227 e. The zero-order valence-corrected chi connectivity index (χ0v) is 11.9. The number of aromatic nitrogens is 2. The Morgan fingerprint density at radius 2 is 2.10 bits per heavy atom. The lowest BCUT2D eigenvalue weighted by Crippen LogP contribution is -1.99. The Morgan fingerprint density at radius 3 is 2.90 bits per heavy atom. The van der Waals surface area contributed by atoms with E-state index in [1.54, 1.807) is 31.5 Å². The molecule has 6 heteroatoms. The van der Waals surface area contributed by atoms with Crippen molar-refractivity contribution in [1.29, 1.82) is 0 Å². The van der Waals surface area contributed by atoms with Crippen molar-refractivity contribution in [2.75, 3.05) is 12.4 Å². The molecule has 0 spiro atoms. The lowest BCUT2D eigenvalue weighted by molar-refractivity contribution is 0.415. The molecule has 0 aliphatic carbocycles. The van der Waals surface area contributed by atoms with Gasteiger partial charge in [-0.3, -0.25) is 0 Å². The van der Waals surface area contributed by atoms with Crippen molar-refractivity contribution in [2.24, 2.45) is 0 Å². The molecule has 4 nitrogen and oxygen atoms in total. The Balaban J connectivity index is 1.99. The molecule has 0 saturated carbocycles. The summed E-state index contributed by atoms with van der Waals surface area (Å²) >= 11 is 5.74. The Labute approximate surface area is 125 Å². The third kappa shape index (κ3) is 2.73. The highest BCUT2D eigenvalue weighted by molar-refractivity contribution is 6.31. The van der Waals surface area contributed by atoms with Crippen molar-refractivity contribution in [2.45, 2.75) is 0 Å². The number of anilines is 2. The number of ether oxygens (including phenoxy) is 1. The van der Waals surface area contributed by atoms with Crippen LogP contribution in [0.15, 0.2) is 42.6 Å². The van der Waals surface area contributed by atoms with Crippen LogP contribution >= 0.6 is 11.6 Å². The molecule has 1 aromatic heterocycles. The number of rotatable bonds is 3. The fourth-order valence-corrected chi connectivity index (χ4v) is 2.09. The van der Waals surface area contributed by atoms with Crippen molar-refractivity contribution in [3.8, 4) is 5.75 Å². The minimum absolute atomic E-state index is 0.0439. The molecular weight excluding hydrogens is 293 g/mol. The lowest BCUT2D eigenvalue weighted by atomic mass is 10.2. The van der Waals surface area contributed by atoms with Crippen molar-refractivity contribution in [3.05, 3.63) is 53.4 Å². The molecule has 106 valence electrons. The van der Waals surface area contributed by atoms with Gasteiger partial charge in [-0.1, -0.05) is 17.7 Å². The molecule has 0 amide bonds. The number of fused-ring (bicyclic) bond motifs is 1. The van der Waals surface area contributed by atoms with Crippen LogP contribution in [0.4, 0.5) is 16.0 Å². The summed E-state index contributed by atoms with van der Waals surface area (Å²) in [5.74, 6) is 0.450. The van der Waals surface area contributed by atoms with E-state index < -0.39 is 5.82 Å². The van der Waals surface area contributed by atoms with E-state index in [4.69, 9.17) is 16.3 Å². The van der Waals surface area contributed by atoms with Crippen LogP contribution in [0.2, 0.25) is 5.02 Å². The Bertz CT molecular complexity index is 810. The normalized spacial score (nSPS) is 10.6. The number of methoxy groups -OCH3 is 1. The van der Waals surface area contributed by atoms with E-state index in [0.29, 0.717) is 11.3 Å². The molecule has 3 aromatic rings. The average Bonchev–Trinajstić information content (AvgIpc) is 2.51. The fourth-order valence-electron chi connectivity index (χ4n) is 1.91. The number of nitrogens with zero attached hydrogens (tertiary/aromatic N) is 2. The van der Waals surface area contributed by atoms with Gasteiger partial charge in [-0.15, -0.1) is 0 Å². The maximum Gasteiger partial charge on any atom is 0.227 e. The van der Waals surface area contributed by atoms with Gasteiger partial charge in [0.1, 0.15) is 5.75 Å². The summed E-state index contributed by atoms with van der Waals surface area (Å²) in [6, 6.07) is 10.2. The van der Waals surface area contributed by atoms with Crippen LogP contribution in [-0.4, -0.2) is 17.1 Å². The van der Waals surface area contributed by atoms with Gasteiger partial charge in [0.05, 0.1) is 23.3 Å². The number of nitrogens with one attached hydrogen (secondary N) is 1. The minimum atomic E-state index is -0.534. The summed E-state index contributed by atoms with van der Waals surface area (Å²) in [5, 5.41) is 3.73. The van der Waals surface area contributed by atoms with E-state index in [2.05, 4.69) is 15.3 Å². The van der Waals surface area contributed by atoms with Gasteiger partial charge >= 0.3 is 0 Å². The highest BCUT2D eigenvalue weighted by Gasteiger charge is 2.08. The molecule has 0 atom stereocenters. The second-order valence-electron chi connectivity index (χ2n) is 4.34. The highest BCUT2D eigenvalue weighted by atomic mass is 35.5. The Hall–Kier alpha value is -2.40. The standard InChI is InChI=1S/C15H11ClFN3O/c1-21-10-6-5-9-8-18-15(20-13(9)7-10)19-12-4-2-3-11(16)14(12)17/h2-8H,1H3,(H,18,19,20). The monoisotopic (exact) mass is 303 g/mol. The molecule has 1 heterocycles. The van der Waals surface area contributed by atoms with Crippen LogP contribution in [0.1, 0.15) is 0 Å². The number of hydrogen-bond donors (Lipinski definition) is 1. The zero-order valence-electron chi connectivity index (χ0n) is 11.1. The number of hydrogen-bond acceptors (Lipinski definition) is 4. The molecule has 21 heavy (non-hydrogen) atoms. The van der Waals surface area contributed by atoms with Crippen LogP contribution < -0.4 is 10.1 Å². The molecular formula is C15H11ClFN3O. The zero-order chi connectivity index (χ0) is 14.8. The first-order chi connectivity index (χ1) is 10.2.